The van der Waals surface area contributed by atoms with E-state index in [1.54, 1.807) is 49.3 Å². The van der Waals surface area contributed by atoms with E-state index in [9.17, 15) is 13.2 Å². The summed E-state index contributed by atoms with van der Waals surface area (Å²) in [6, 6.07) is 6.64. The summed E-state index contributed by atoms with van der Waals surface area (Å²) in [6.45, 7) is 5.27. The molecule has 0 spiro atoms. The molecule has 0 unspecified atom stereocenters. The van der Waals surface area contributed by atoms with Gasteiger partial charge in [-0.1, -0.05) is 12.7 Å². The summed E-state index contributed by atoms with van der Waals surface area (Å²) in [5.74, 6) is 0.501. The average molecular weight is 367 g/mol. The number of amides is 1. The molecule has 1 aromatic carbocycles. The van der Waals surface area contributed by atoms with Crippen LogP contribution < -0.4 is 9.64 Å². The number of benzene rings is 1. The molecule has 0 saturated carbocycles. The fraction of sp³-hybridized carbons (Fsp3) is 0.353. The molecule has 0 radical (unpaired) electrons. The van der Waals surface area contributed by atoms with Crippen LogP contribution in [0.1, 0.15) is 6.92 Å². The number of β-lactam (4-membered cyclic amide) rings is 1. The van der Waals surface area contributed by atoms with Crippen molar-refractivity contribution in [2.45, 2.75) is 19.1 Å². The van der Waals surface area contributed by atoms with E-state index in [2.05, 4.69) is 6.58 Å². The van der Waals surface area contributed by atoms with E-state index in [1.807, 2.05) is 0 Å². The zero-order chi connectivity index (χ0) is 18.8. The Morgan fingerprint density at radius 2 is 1.84 bits per heavy atom. The van der Waals surface area contributed by atoms with E-state index in [4.69, 9.17) is 13.7 Å². The Morgan fingerprint density at radius 3 is 2.32 bits per heavy atom. The van der Waals surface area contributed by atoms with Gasteiger partial charge in [0.25, 0.3) is 5.91 Å². The molecule has 136 valence electrons. The Balaban J connectivity index is 2.27. The summed E-state index contributed by atoms with van der Waals surface area (Å²) >= 11 is 0. The van der Waals surface area contributed by atoms with E-state index >= 15 is 0 Å². The van der Waals surface area contributed by atoms with Gasteiger partial charge >= 0.3 is 10.1 Å². The number of allylic oxidation sites excluding steroid dienone is 1. The maximum absolute atomic E-state index is 12.3. The highest BCUT2D eigenvalue weighted by molar-refractivity contribution is 7.86. The Morgan fingerprint density at radius 1 is 1.24 bits per heavy atom. The standard InChI is InChI=1S/C17H21NO6S/c1-11(12(2)24-25(5,20)21)10-15-16(23-4)17(19)18(15)13-6-8-14(22-3)9-7-13/h6-10,15-16H,2H2,1,3-5H3/b11-10+/t15-,16+/m0/s1. The van der Waals surface area contributed by atoms with Crippen molar-refractivity contribution >= 4 is 21.7 Å². The molecular weight excluding hydrogens is 346 g/mol. The van der Waals surface area contributed by atoms with Crippen LogP contribution in [-0.2, 0) is 23.8 Å². The lowest BCUT2D eigenvalue weighted by Gasteiger charge is -2.45. The molecule has 0 N–H and O–H groups in total. The first-order valence-corrected chi connectivity index (χ1v) is 9.26. The van der Waals surface area contributed by atoms with Crippen LogP contribution in [0.5, 0.6) is 5.75 Å². The first-order valence-electron chi connectivity index (χ1n) is 7.45. The summed E-state index contributed by atoms with van der Waals surface area (Å²) in [6.07, 6.45) is 2.00. The first-order chi connectivity index (χ1) is 11.7. The monoisotopic (exact) mass is 367 g/mol. The van der Waals surface area contributed by atoms with E-state index < -0.39 is 22.3 Å². The quantitative estimate of drug-likeness (QED) is 0.317. The Bertz CT molecular complexity index is 797. The zero-order valence-corrected chi connectivity index (χ0v) is 15.4. The third kappa shape index (κ3) is 4.21. The van der Waals surface area contributed by atoms with Crippen LogP contribution in [0.3, 0.4) is 0 Å². The molecule has 1 fully saturated rings. The lowest BCUT2D eigenvalue weighted by Crippen LogP contribution is -2.65. The van der Waals surface area contributed by atoms with Gasteiger partial charge in [-0.2, -0.15) is 8.42 Å². The lowest BCUT2D eigenvalue weighted by atomic mass is 9.94. The topological polar surface area (TPSA) is 82.1 Å². The molecule has 1 amide bonds. The SMILES string of the molecule is C=C(OS(C)(=O)=O)/C(C)=C/[C@H]1[C@@H](OC)C(=O)N1c1ccc(OC)cc1. The van der Waals surface area contributed by atoms with Gasteiger partial charge in [-0.05, 0) is 36.8 Å². The van der Waals surface area contributed by atoms with Crippen molar-refractivity contribution in [2.24, 2.45) is 0 Å². The van der Waals surface area contributed by atoms with Crippen LogP contribution in [0.2, 0.25) is 0 Å². The van der Waals surface area contributed by atoms with Crippen molar-refractivity contribution in [1.82, 2.24) is 0 Å². The van der Waals surface area contributed by atoms with Gasteiger partial charge in [0.15, 0.2) is 6.10 Å². The molecule has 8 heteroatoms. The van der Waals surface area contributed by atoms with Crippen molar-refractivity contribution in [3.8, 4) is 5.75 Å². The second kappa shape index (κ2) is 7.28. The van der Waals surface area contributed by atoms with E-state index in [0.717, 1.165) is 6.26 Å². The summed E-state index contributed by atoms with van der Waals surface area (Å²) in [5.41, 5.74) is 1.19. The highest BCUT2D eigenvalue weighted by atomic mass is 32.2. The fourth-order valence-corrected chi connectivity index (χ4v) is 3.02. The third-order valence-electron chi connectivity index (χ3n) is 3.81. The predicted octanol–water partition coefficient (Wildman–Crippen LogP) is 1.86. The van der Waals surface area contributed by atoms with Gasteiger partial charge in [0, 0.05) is 12.8 Å². The zero-order valence-electron chi connectivity index (χ0n) is 14.6. The number of anilines is 1. The molecule has 7 nitrogen and oxygen atoms in total. The normalized spacial score (nSPS) is 20.9. The van der Waals surface area contributed by atoms with Gasteiger partial charge in [-0.25, -0.2) is 0 Å². The summed E-state index contributed by atoms with van der Waals surface area (Å²) in [7, 11) is -0.649. The average Bonchev–Trinajstić information content (AvgIpc) is 2.54. The maximum Gasteiger partial charge on any atom is 0.306 e. The minimum absolute atomic E-state index is 0.00591. The number of hydrogen-bond donors (Lipinski definition) is 0. The van der Waals surface area contributed by atoms with Crippen molar-refractivity contribution < 1.29 is 26.9 Å². The van der Waals surface area contributed by atoms with Gasteiger partial charge in [-0.15, -0.1) is 0 Å². The predicted molar refractivity (Wildman–Crippen MR) is 93.9 cm³/mol. The highest BCUT2D eigenvalue weighted by Crippen LogP contribution is 2.33. The number of ether oxygens (including phenoxy) is 2. The van der Waals surface area contributed by atoms with E-state index in [0.29, 0.717) is 17.0 Å². The summed E-state index contributed by atoms with van der Waals surface area (Å²) in [4.78, 5) is 13.9. The van der Waals surface area contributed by atoms with E-state index in [1.165, 1.54) is 7.11 Å². The largest absolute Gasteiger partial charge is 0.497 e. The molecule has 0 aromatic heterocycles. The first kappa shape index (κ1) is 19.0. The van der Waals surface area contributed by atoms with Crippen molar-refractivity contribution in [1.29, 1.82) is 0 Å². The number of carbonyl (C=O) groups excluding carboxylic acids is 1. The van der Waals surface area contributed by atoms with Gasteiger partial charge in [-0.3, -0.25) is 9.69 Å². The summed E-state index contributed by atoms with van der Waals surface area (Å²) in [5, 5.41) is 0. The number of rotatable bonds is 7. The Kier molecular flexibility index (Phi) is 5.54. The minimum Gasteiger partial charge on any atom is -0.497 e. The second-order valence-electron chi connectivity index (χ2n) is 5.61. The van der Waals surface area contributed by atoms with Gasteiger partial charge in [0.2, 0.25) is 0 Å². The van der Waals surface area contributed by atoms with Crippen LogP contribution in [0.25, 0.3) is 0 Å². The highest BCUT2D eigenvalue weighted by Gasteiger charge is 2.47. The lowest BCUT2D eigenvalue weighted by molar-refractivity contribution is -0.137. The van der Waals surface area contributed by atoms with Crippen LogP contribution >= 0.6 is 0 Å². The van der Waals surface area contributed by atoms with Crippen LogP contribution in [0.4, 0.5) is 5.69 Å². The van der Waals surface area contributed by atoms with Gasteiger partial charge in [0.05, 0.1) is 19.4 Å². The van der Waals surface area contributed by atoms with Gasteiger partial charge < -0.3 is 13.7 Å². The minimum atomic E-state index is -3.66. The molecule has 1 saturated heterocycles. The smallest absolute Gasteiger partial charge is 0.306 e. The Labute approximate surface area is 147 Å². The molecule has 2 atom stereocenters. The molecule has 1 aliphatic heterocycles. The van der Waals surface area contributed by atoms with Crippen LogP contribution in [-0.4, -0.2) is 46.9 Å². The molecule has 1 aliphatic rings. The number of carbonyl (C=O) groups is 1. The maximum atomic E-state index is 12.3. The second-order valence-corrected chi connectivity index (χ2v) is 7.19. The number of methoxy groups -OCH3 is 2. The summed E-state index contributed by atoms with van der Waals surface area (Å²) < 4.78 is 37.6. The molecule has 1 heterocycles. The number of nitrogens with zero attached hydrogens (tertiary/aromatic N) is 1. The molecule has 25 heavy (non-hydrogen) atoms. The van der Waals surface area contributed by atoms with Crippen LogP contribution in [0, 0.1) is 0 Å². The van der Waals surface area contributed by atoms with Crippen molar-refractivity contribution in [2.75, 3.05) is 25.4 Å². The molecular formula is C17H21NO6S. The number of hydrogen-bond acceptors (Lipinski definition) is 6. The van der Waals surface area contributed by atoms with E-state index in [-0.39, 0.29) is 11.7 Å². The van der Waals surface area contributed by atoms with Crippen LogP contribution in [0.15, 0.2) is 48.3 Å². The molecule has 2 rings (SSSR count). The van der Waals surface area contributed by atoms with Gasteiger partial charge in [0.1, 0.15) is 11.5 Å². The molecule has 0 bridgehead atoms. The molecule has 1 aromatic rings. The third-order valence-corrected chi connectivity index (χ3v) is 4.31. The van der Waals surface area contributed by atoms with Crippen molar-refractivity contribution in [3.05, 3.63) is 48.3 Å². The fourth-order valence-electron chi connectivity index (χ4n) is 2.53. The Hall–Kier alpha value is -2.32. The van der Waals surface area contributed by atoms with Crippen molar-refractivity contribution in [3.63, 3.8) is 0 Å². The molecule has 0 aliphatic carbocycles.